The van der Waals surface area contributed by atoms with Gasteiger partial charge in [0.25, 0.3) is 5.91 Å². The summed E-state index contributed by atoms with van der Waals surface area (Å²) in [5.74, 6) is -0.274. The number of aryl methyl sites for hydroxylation is 1. The first kappa shape index (κ1) is 14.0. The van der Waals surface area contributed by atoms with E-state index in [4.69, 9.17) is 10.5 Å². The summed E-state index contributed by atoms with van der Waals surface area (Å²) in [6.07, 6.45) is 1.49. The number of hydrogen-bond donors (Lipinski definition) is 2. The molecule has 0 unspecified atom stereocenters. The van der Waals surface area contributed by atoms with Crippen molar-refractivity contribution in [1.82, 2.24) is 4.98 Å². The normalized spacial score (nSPS) is 10.3. The fourth-order valence-corrected chi connectivity index (χ4v) is 1.87. The second kappa shape index (κ2) is 6.16. The Kier molecular flexibility index (Phi) is 4.32. The number of pyridine rings is 1. The van der Waals surface area contributed by atoms with Crippen LogP contribution in [0, 0.1) is 6.92 Å². The maximum atomic E-state index is 12.2. The van der Waals surface area contributed by atoms with Crippen molar-refractivity contribution in [3.63, 3.8) is 0 Å². The van der Waals surface area contributed by atoms with Crippen LogP contribution < -0.4 is 11.1 Å². The third-order valence-corrected chi connectivity index (χ3v) is 2.81. The molecule has 1 aromatic heterocycles. The van der Waals surface area contributed by atoms with Crippen LogP contribution in [-0.2, 0) is 11.3 Å². The minimum absolute atomic E-state index is 0.274. The van der Waals surface area contributed by atoms with Crippen LogP contribution in [0.15, 0.2) is 36.5 Å². The van der Waals surface area contributed by atoms with Crippen molar-refractivity contribution >= 4 is 17.3 Å². The van der Waals surface area contributed by atoms with E-state index in [0.717, 1.165) is 11.3 Å². The van der Waals surface area contributed by atoms with Crippen LogP contribution in [0.5, 0.6) is 0 Å². The number of anilines is 2. The molecule has 1 aromatic carbocycles. The number of carbonyl (C=O) groups is 1. The van der Waals surface area contributed by atoms with Crippen molar-refractivity contribution in [1.29, 1.82) is 0 Å². The molecule has 0 atom stereocenters. The molecule has 104 valence electrons. The largest absolute Gasteiger partial charge is 0.398 e. The molecular formula is C15H17N3O2. The predicted molar refractivity (Wildman–Crippen MR) is 78.5 cm³/mol. The third-order valence-electron chi connectivity index (χ3n) is 2.81. The van der Waals surface area contributed by atoms with Gasteiger partial charge in [-0.2, -0.15) is 0 Å². The molecule has 2 rings (SSSR count). The minimum atomic E-state index is -0.274. The molecule has 5 heteroatoms. The molecule has 0 spiro atoms. The molecule has 20 heavy (non-hydrogen) atoms. The highest BCUT2D eigenvalue weighted by Gasteiger charge is 2.10. The molecule has 0 aliphatic rings. The Labute approximate surface area is 117 Å². The Bertz CT molecular complexity index is 626. The average molecular weight is 271 g/mol. The lowest BCUT2D eigenvalue weighted by molar-refractivity contribution is 0.102. The number of benzene rings is 1. The lowest BCUT2D eigenvalue weighted by Crippen LogP contribution is -2.14. The van der Waals surface area contributed by atoms with Crippen LogP contribution >= 0.6 is 0 Å². The predicted octanol–water partition coefficient (Wildman–Crippen LogP) is 2.37. The van der Waals surface area contributed by atoms with Gasteiger partial charge in [-0.25, -0.2) is 0 Å². The Morgan fingerprint density at radius 3 is 2.90 bits per heavy atom. The number of hydrogen-bond acceptors (Lipinski definition) is 4. The van der Waals surface area contributed by atoms with Crippen molar-refractivity contribution in [2.75, 3.05) is 18.2 Å². The van der Waals surface area contributed by atoms with E-state index in [1.165, 1.54) is 6.20 Å². The van der Waals surface area contributed by atoms with E-state index >= 15 is 0 Å². The van der Waals surface area contributed by atoms with Gasteiger partial charge in [-0.15, -0.1) is 0 Å². The number of nitrogens with one attached hydrogen (secondary N) is 1. The highest BCUT2D eigenvalue weighted by molar-refractivity contribution is 6.07. The SMILES string of the molecule is COCc1cccc(NC(=O)c2cnc(C)cc2N)c1. The van der Waals surface area contributed by atoms with Gasteiger partial charge in [0.15, 0.2) is 0 Å². The fraction of sp³-hybridized carbons (Fsp3) is 0.200. The van der Waals surface area contributed by atoms with Gasteiger partial charge in [0.1, 0.15) is 0 Å². The molecule has 0 aliphatic carbocycles. The third kappa shape index (κ3) is 3.33. The lowest BCUT2D eigenvalue weighted by Gasteiger charge is -2.09. The molecule has 1 heterocycles. The van der Waals surface area contributed by atoms with Crippen molar-refractivity contribution in [2.45, 2.75) is 13.5 Å². The van der Waals surface area contributed by atoms with Crippen molar-refractivity contribution in [3.05, 3.63) is 53.3 Å². The van der Waals surface area contributed by atoms with Crippen molar-refractivity contribution < 1.29 is 9.53 Å². The first-order valence-corrected chi connectivity index (χ1v) is 6.21. The first-order chi connectivity index (χ1) is 9.60. The summed E-state index contributed by atoms with van der Waals surface area (Å²) in [7, 11) is 1.63. The van der Waals surface area contributed by atoms with Crippen LogP contribution in [0.1, 0.15) is 21.6 Å². The summed E-state index contributed by atoms with van der Waals surface area (Å²) in [5.41, 5.74) is 9.08. The number of carbonyl (C=O) groups excluding carboxylic acids is 1. The maximum absolute atomic E-state index is 12.2. The van der Waals surface area contributed by atoms with Gasteiger partial charge in [-0.3, -0.25) is 9.78 Å². The summed E-state index contributed by atoms with van der Waals surface area (Å²) in [5, 5.41) is 2.80. The van der Waals surface area contributed by atoms with Gasteiger partial charge in [0.2, 0.25) is 0 Å². The number of aromatic nitrogens is 1. The number of nitrogens with two attached hydrogens (primary N) is 1. The Balaban J connectivity index is 2.17. The lowest BCUT2D eigenvalue weighted by atomic mass is 10.1. The quantitative estimate of drug-likeness (QED) is 0.895. The highest BCUT2D eigenvalue weighted by atomic mass is 16.5. The zero-order valence-electron chi connectivity index (χ0n) is 11.5. The van der Waals surface area contributed by atoms with Gasteiger partial charge < -0.3 is 15.8 Å². The van der Waals surface area contributed by atoms with Gasteiger partial charge in [0, 0.05) is 30.4 Å². The van der Waals surface area contributed by atoms with Crippen molar-refractivity contribution in [2.24, 2.45) is 0 Å². The van der Waals surface area contributed by atoms with E-state index in [1.54, 1.807) is 13.2 Å². The van der Waals surface area contributed by atoms with Crippen LogP contribution in [0.4, 0.5) is 11.4 Å². The van der Waals surface area contributed by atoms with E-state index in [9.17, 15) is 4.79 Å². The van der Waals surface area contributed by atoms with E-state index in [0.29, 0.717) is 23.5 Å². The zero-order valence-corrected chi connectivity index (χ0v) is 11.5. The average Bonchev–Trinajstić information content (AvgIpc) is 2.39. The molecule has 0 radical (unpaired) electrons. The second-order valence-corrected chi connectivity index (χ2v) is 4.50. The molecule has 3 N–H and O–H groups in total. The smallest absolute Gasteiger partial charge is 0.259 e. The van der Waals surface area contributed by atoms with E-state index in [-0.39, 0.29) is 5.91 Å². The Hall–Kier alpha value is -2.40. The molecule has 0 saturated heterocycles. The first-order valence-electron chi connectivity index (χ1n) is 6.21. The summed E-state index contributed by atoms with van der Waals surface area (Å²) in [6.45, 7) is 2.32. The summed E-state index contributed by atoms with van der Waals surface area (Å²) >= 11 is 0. The summed E-state index contributed by atoms with van der Waals surface area (Å²) < 4.78 is 5.06. The fourth-order valence-electron chi connectivity index (χ4n) is 1.87. The number of nitrogen functional groups attached to an aromatic ring is 1. The number of nitrogens with zero attached hydrogens (tertiary/aromatic N) is 1. The molecule has 0 fully saturated rings. The standard InChI is InChI=1S/C15H17N3O2/c1-10-6-14(16)13(8-17-10)15(19)18-12-5-3-4-11(7-12)9-20-2/h3-8H,9H2,1-2H3,(H2,16,17)(H,18,19). The molecular weight excluding hydrogens is 254 g/mol. The van der Waals surface area contributed by atoms with Gasteiger partial charge in [-0.1, -0.05) is 12.1 Å². The van der Waals surface area contributed by atoms with E-state index in [2.05, 4.69) is 10.3 Å². The molecule has 5 nitrogen and oxygen atoms in total. The zero-order chi connectivity index (χ0) is 14.5. The van der Waals surface area contributed by atoms with Crippen LogP contribution in [0.2, 0.25) is 0 Å². The number of rotatable bonds is 4. The van der Waals surface area contributed by atoms with Crippen LogP contribution in [0.3, 0.4) is 0 Å². The Morgan fingerprint density at radius 1 is 1.40 bits per heavy atom. The second-order valence-electron chi connectivity index (χ2n) is 4.50. The Morgan fingerprint density at radius 2 is 2.20 bits per heavy atom. The highest BCUT2D eigenvalue weighted by Crippen LogP contribution is 2.16. The maximum Gasteiger partial charge on any atom is 0.259 e. The molecule has 0 saturated carbocycles. The van der Waals surface area contributed by atoms with Crippen LogP contribution in [0.25, 0.3) is 0 Å². The van der Waals surface area contributed by atoms with E-state index < -0.39 is 0 Å². The van der Waals surface area contributed by atoms with E-state index in [1.807, 2.05) is 31.2 Å². The molecule has 0 aliphatic heterocycles. The van der Waals surface area contributed by atoms with Gasteiger partial charge in [-0.05, 0) is 30.7 Å². The molecule has 1 amide bonds. The van der Waals surface area contributed by atoms with Crippen molar-refractivity contribution in [3.8, 4) is 0 Å². The van der Waals surface area contributed by atoms with Gasteiger partial charge in [0.05, 0.1) is 12.2 Å². The topological polar surface area (TPSA) is 77.2 Å². The number of ether oxygens (including phenoxy) is 1. The minimum Gasteiger partial charge on any atom is -0.398 e. The number of methoxy groups -OCH3 is 1. The van der Waals surface area contributed by atoms with Gasteiger partial charge >= 0.3 is 0 Å². The molecule has 0 bridgehead atoms. The summed E-state index contributed by atoms with van der Waals surface area (Å²) in [4.78, 5) is 16.2. The molecule has 2 aromatic rings. The monoisotopic (exact) mass is 271 g/mol. The van der Waals surface area contributed by atoms with Crippen LogP contribution in [-0.4, -0.2) is 18.0 Å². The number of amides is 1. The summed E-state index contributed by atoms with van der Waals surface area (Å²) in [6, 6.07) is 9.14.